The van der Waals surface area contributed by atoms with Crippen molar-refractivity contribution in [3.63, 3.8) is 0 Å². The molecule has 1 aromatic heterocycles. The van der Waals surface area contributed by atoms with Crippen LogP contribution in [0.1, 0.15) is 38.1 Å². The van der Waals surface area contributed by atoms with Gasteiger partial charge in [-0.25, -0.2) is 0 Å². The lowest BCUT2D eigenvalue weighted by atomic mass is 10.2. The molecule has 1 heterocycles. The van der Waals surface area contributed by atoms with Crippen LogP contribution in [0.5, 0.6) is 0 Å². The molecule has 0 saturated heterocycles. The number of hydrogen-bond acceptors (Lipinski definition) is 4. The fourth-order valence-corrected chi connectivity index (χ4v) is 2.01. The van der Waals surface area contributed by atoms with Gasteiger partial charge in [0.1, 0.15) is 17.9 Å². The average molecular weight is 268 g/mol. The molecule has 1 rings (SSSR count). The van der Waals surface area contributed by atoms with Crippen LogP contribution >= 0.6 is 0 Å². The number of rotatable bonds is 6. The molecule has 7 heteroatoms. The minimum Gasteiger partial charge on any atom is -0.352 e. The van der Waals surface area contributed by atoms with Gasteiger partial charge in [0.2, 0.25) is 5.91 Å². The summed E-state index contributed by atoms with van der Waals surface area (Å²) in [5.74, 6) is -0.172. The Labute approximate surface area is 112 Å². The number of amides is 1. The first-order valence-corrected chi connectivity index (χ1v) is 6.38. The van der Waals surface area contributed by atoms with Gasteiger partial charge in [-0.1, -0.05) is 13.8 Å². The third kappa shape index (κ3) is 3.52. The van der Waals surface area contributed by atoms with Crippen LogP contribution < -0.4 is 5.32 Å². The smallest absolute Gasteiger partial charge is 0.312 e. The Morgan fingerprint density at radius 2 is 2.00 bits per heavy atom. The van der Waals surface area contributed by atoms with Gasteiger partial charge < -0.3 is 5.32 Å². The van der Waals surface area contributed by atoms with Crippen LogP contribution in [0.25, 0.3) is 0 Å². The summed E-state index contributed by atoms with van der Waals surface area (Å²) in [6.45, 7) is 7.19. The second kappa shape index (κ2) is 6.31. The standard InChI is InChI=1S/C12H20N4O3/c1-5-10(6-2)13-11(17)7-15-9(4)12(16(18)19)8(3)14-15/h10H,5-7H2,1-4H3,(H,13,17). The number of nitrogens with one attached hydrogen (secondary N) is 1. The van der Waals surface area contributed by atoms with E-state index < -0.39 is 4.92 Å². The molecule has 1 amide bonds. The van der Waals surface area contributed by atoms with Crippen molar-refractivity contribution in [2.45, 2.75) is 53.1 Å². The fraction of sp³-hybridized carbons (Fsp3) is 0.667. The summed E-state index contributed by atoms with van der Waals surface area (Å²) >= 11 is 0. The lowest BCUT2D eigenvalue weighted by molar-refractivity contribution is -0.386. The molecule has 0 aromatic carbocycles. The first-order chi connectivity index (χ1) is 8.90. The maximum atomic E-state index is 11.8. The molecular weight excluding hydrogens is 248 g/mol. The van der Waals surface area contributed by atoms with Gasteiger partial charge in [0.15, 0.2) is 0 Å². The number of nitrogens with zero attached hydrogens (tertiary/aromatic N) is 3. The van der Waals surface area contributed by atoms with Crippen LogP contribution in [-0.2, 0) is 11.3 Å². The van der Waals surface area contributed by atoms with E-state index in [1.165, 1.54) is 4.68 Å². The summed E-state index contributed by atoms with van der Waals surface area (Å²) in [6.07, 6.45) is 1.72. The SMILES string of the molecule is CCC(CC)NC(=O)Cn1nc(C)c([N+](=O)[O-])c1C. The van der Waals surface area contributed by atoms with E-state index >= 15 is 0 Å². The third-order valence-corrected chi connectivity index (χ3v) is 3.17. The zero-order chi connectivity index (χ0) is 14.6. The van der Waals surface area contributed by atoms with E-state index in [2.05, 4.69) is 10.4 Å². The molecule has 0 bridgehead atoms. The summed E-state index contributed by atoms with van der Waals surface area (Å²) in [7, 11) is 0. The summed E-state index contributed by atoms with van der Waals surface area (Å²) in [4.78, 5) is 22.2. The monoisotopic (exact) mass is 268 g/mol. The summed E-state index contributed by atoms with van der Waals surface area (Å²) in [6, 6.07) is 0.138. The molecule has 0 saturated carbocycles. The van der Waals surface area contributed by atoms with E-state index in [1.54, 1.807) is 13.8 Å². The number of carbonyl (C=O) groups excluding carboxylic acids is 1. The molecule has 1 aromatic rings. The van der Waals surface area contributed by atoms with Gasteiger partial charge in [-0.15, -0.1) is 0 Å². The van der Waals surface area contributed by atoms with Crippen molar-refractivity contribution in [1.82, 2.24) is 15.1 Å². The topological polar surface area (TPSA) is 90.1 Å². The normalized spacial score (nSPS) is 10.8. The van der Waals surface area contributed by atoms with Crippen molar-refractivity contribution in [1.29, 1.82) is 0 Å². The van der Waals surface area contributed by atoms with Crippen LogP contribution in [0.4, 0.5) is 5.69 Å². The summed E-state index contributed by atoms with van der Waals surface area (Å²) < 4.78 is 1.38. The molecule has 0 aliphatic carbocycles. The van der Waals surface area contributed by atoms with Gasteiger partial charge in [0, 0.05) is 6.04 Å². The Morgan fingerprint density at radius 1 is 1.42 bits per heavy atom. The number of aromatic nitrogens is 2. The predicted octanol–water partition coefficient (Wildman–Crippen LogP) is 1.71. The largest absolute Gasteiger partial charge is 0.352 e. The molecule has 19 heavy (non-hydrogen) atoms. The van der Waals surface area contributed by atoms with Crippen LogP contribution in [-0.4, -0.2) is 26.7 Å². The van der Waals surface area contributed by atoms with Gasteiger partial charge in [-0.3, -0.25) is 19.6 Å². The highest BCUT2D eigenvalue weighted by Crippen LogP contribution is 2.21. The van der Waals surface area contributed by atoms with Crippen LogP contribution in [0.2, 0.25) is 0 Å². The van der Waals surface area contributed by atoms with Gasteiger partial charge in [-0.2, -0.15) is 5.10 Å². The van der Waals surface area contributed by atoms with Crippen molar-refractivity contribution in [2.75, 3.05) is 0 Å². The Balaban J connectivity index is 2.81. The van der Waals surface area contributed by atoms with Crippen LogP contribution in [0.3, 0.4) is 0 Å². The minimum atomic E-state index is -0.465. The number of carbonyl (C=O) groups is 1. The third-order valence-electron chi connectivity index (χ3n) is 3.17. The second-order valence-corrected chi connectivity index (χ2v) is 4.52. The van der Waals surface area contributed by atoms with E-state index in [-0.39, 0.29) is 24.2 Å². The van der Waals surface area contributed by atoms with Gasteiger partial charge >= 0.3 is 5.69 Å². The average Bonchev–Trinajstić information content (AvgIpc) is 2.61. The fourth-order valence-electron chi connectivity index (χ4n) is 2.01. The van der Waals surface area contributed by atoms with E-state index in [0.29, 0.717) is 11.4 Å². The summed E-state index contributed by atoms with van der Waals surface area (Å²) in [5, 5.41) is 17.8. The Morgan fingerprint density at radius 3 is 2.42 bits per heavy atom. The molecule has 7 nitrogen and oxygen atoms in total. The molecule has 0 aliphatic rings. The maximum absolute atomic E-state index is 11.8. The Kier molecular flexibility index (Phi) is 5.02. The van der Waals surface area contributed by atoms with Crippen LogP contribution in [0.15, 0.2) is 0 Å². The first-order valence-electron chi connectivity index (χ1n) is 6.38. The summed E-state index contributed by atoms with van der Waals surface area (Å²) in [5.41, 5.74) is 0.718. The Hall–Kier alpha value is -1.92. The van der Waals surface area contributed by atoms with Crippen molar-refractivity contribution in [3.8, 4) is 0 Å². The van der Waals surface area contributed by atoms with E-state index in [4.69, 9.17) is 0 Å². The highest BCUT2D eigenvalue weighted by Gasteiger charge is 2.22. The van der Waals surface area contributed by atoms with Crippen molar-refractivity contribution in [2.24, 2.45) is 0 Å². The highest BCUT2D eigenvalue weighted by molar-refractivity contribution is 5.76. The number of nitro groups is 1. The van der Waals surface area contributed by atoms with Crippen molar-refractivity contribution < 1.29 is 9.72 Å². The second-order valence-electron chi connectivity index (χ2n) is 4.52. The van der Waals surface area contributed by atoms with Crippen molar-refractivity contribution in [3.05, 3.63) is 21.5 Å². The Bertz CT molecular complexity index is 478. The predicted molar refractivity (Wildman–Crippen MR) is 70.9 cm³/mol. The van der Waals surface area contributed by atoms with E-state index in [9.17, 15) is 14.9 Å². The van der Waals surface area contributed by atoms with Crippen LogP contribution in [0, 0.1) is 24.0 Å². The molecule has 0 unspecified atom stereocenters. The lowest BCUT2D eigenvalue weighted by Gasteiger charge is -2.14. The van der Waals surface area contributed by atoms with Crippen molar-refractivity contribution >= 4 is 11.6 Å². The molecule has 1 N–H and O–H groups in total. The van der Waals surface area contributed by atoms with Gasteiger partial charge in [0.25, 0.3) is 0 Å². The molecule has 0 fully saturated rings. The maximum Gasteiger partial charge on any atom is 0.312 e. The highest BCUT2D eigenvalue weighted by atomic mass is 16.6. The zero-order valence-electron chi connectivity index (χ0n) is 11.8. The molecule has 0 aliphatic heterocycles. The van der Waals surface area contributed by atoms with E-state index in [1.807, 2.05) is 13.8 Å². The lowest BCUT2D eigenvalue weighted by Crippen LogP contribution is -2.36. The van der Waals surface area contributed by atoms with E-state index in [0.717, 1.165) is 12.8 Å². The minimum absolute atomic E-state index is 0.0109. The first kappa shape index (κ1) is 15.1. The molecule has 0 radical (unpaired) electrons. The molecular formula is C12H20N4O3. The number of aryl methyl sites for hydroxylation is 1. The quantitative estimate of drug-likeness (QED) is 0.628. The number of hydrogen-bond donors (Lipinski definition) is 1. The molecule has 0 spiro atoms. The van der Waals surface area contributed by atoms with Gasteiger partial charge in [0.05, 0.1) is 4.92 Å². The van der Waals surface area contributed by atoms with Gasteiger partial charge in [-0.05, 0) is 26.7 Å². The zero-order valence-corrected chi connectivity index (χ0v) is 11.8. The molecule has 106 valence electrons. The molecule has 0 atom stereocenters.